The van der Waals surface area contributed by atoms with Crippen LogP contribution >= 0.6 is 0 Å². The Bertz CT molecular complexity index is 916. The lowest BCUT2D eigenvalue weighted by molar-refractivity contribution is -0.139. The molecule has 1 aromatic heterocycles. The number of hydrogen-bond acceptors (Lipinski definition) is 3. The van der Waals surface area contributed by atoms with Crippen LogP contribution in [0.4, 0.5) is 0 Å². The number of benzene rings is 2. The normalized spacial score (nSPS) is 14.4. The fraction of sp³-hybridized carbons (Fsp3) is 0.238. The molecule has 0 unspecified atom stereocenters. The smallest absolute Gasteiger partial charge is 0.227 e. The molecule has 0 atom stereocenters. The van der Waals surface area contributed by atoms with E-state index in [0.717, 1.165) is 16.5 Å². The molecule has 3 aromatic rings. The summed E-state index contributed by atoms with van der Waals surface area (Å²) in [5, 5.41) is 1.10. The number of likely N-dealkylation sites (tertiary alicyclic amines) is 1. The molecule has 2 aromatic carbocycles. The van der Waals surface area contributed by atoms with E-state index in [9.17, 15) is 4.79 Å². The van der Waals surface area contributed by atoms with E-state index in [1.165, 1.54) is 5.56 Å². The molecule has 2 heterocycles. The fourth-order valence-electron chi connectivity index (χ4n) is 3.11. The zero-order valence-electron chi connectivity index (χ0n) is 14.2. The highest BCUT2D eigenvalue weighted by atomic mass is 16.5. The third-order valence-corrected chi connectivity index (χ3v) is 4.50. The highest BCUT2D eigenvalue weighted by molar-refractivity contribution is 5.80. The lowest BCUT2D eigenvalue weighted by Gasteiger charge is -2.38. The van der Waals surface area contributed by atoms with Gasteiger partial charge in [0.05, 0.1) is 25.0 Å². The van der Waals surface area contributed by atoms with Crippen LogP contribution in [0, 0.1) is 6.92 Å². The second-order valence-corrected chi connectivity index (χ2v) is 6.55. The largest absolute Gasteiger partial charge is 0.471 e. The van der Waals surface area contributed by atoms with Gasteiger partial charge in [0, 0.05) is 11.5 Å². The van der Waals surface area contributed by atoms with E-state index < -0.39 is 0 Å². The van der Waals surface area contributed by atoms with Crippen LogP contribution in [-0.4, -0.2) is 35.0 Å². The lowest BCUT2D eigenvalue weighted by atomic mass is 10.1. The van der Waals surface area contributed by atoms with Crippen LogP contribution in [-0.2, 0) is 11.2 Å². The van der Waals surface area contributed by atoms with Gasteiger partial charge in [-0.1, -0.05) is 48.0 Å². The van der Waals surface area contributed by atoms with Gasteiger partial charge in [-0.05, 0) is 24.6 Å². The van der Waals surface area contributed by atoms with Crippen molar-refractivity contribution in [2.24, 2.45) is 0 Å². The van der Waals surface area contributed by atoms with Crippen molar-refractivity contribution < 1.29 is 9.53 Å². The Morgan fingerprint density at radius 3 is 2.80 bits per heavy atom. The van der Waals surface area contributed by atoms with Gasteiger partial charge in [0.25, 0.3) is 0 Å². The second kappa shape index (κ2) is 6.55. The molecular weight excluding hydrogens is 312 g/mol. The lowest BCUT2D eigenvalue weighted by Crippen LogP contribution is -2.56. The van der Waals surface area contributed by atoms with E-state index >= 15 is 0 Å². The summed E-state index contributed by atoms with van der Waals surface area (Å²) in [5.41, 5.74) is 3.16. The van der Waals surface area contributed by atoms with Gasteiger partial charge in [-0.25, -0.2) is 4.98 Å². The van der Waals surface area contributed by atoms with Crippen molar-refractivity contribution in [1.82, 2.24) is 9.88 Å². The molecule has 1 aliphatic rings. The minimum atomic E-state index is 0.0233. The Kier molecular flexibility index (Phi) is 4.10. The Morgan fingerprint density at radius 2 is 1.96 bits per heavy atom. The van der Waals surface area contributed by atoms with Gasteiger partial charge >= 0.3 is 0 Å². The summed E-state index contributed by atoms with van der Waals surface area (Å²) >= 11 is 0. The maximum Gasteiger partial charge on any atom is 0.227 e. The number of carbonyl (C=O) groups excluding carboxylic acids is 1. The quantitative estimate of drug-likeness (QED) is 0.735. The molecule has 0 spiro atoms. The molecule has 0 saturated carbocycles. The zero-order valence-corrected chi connectivity index (χ0v) is 14.2. The van der Waals surface area contributed by atoms with Gasteiger partial charge in [-0.2, -0.15) is 0 Å². The summed E-state index contributed by atoms with van der Waals surface area (Å²) < 4.78 is 5.90. The van der Waals surface area contributed by atoms with Gasteiger partial charge in [0.2, 0.25) is 11.8 Å². The van der Waals surface area contributed by atoms with Crippen LogP contribution < -0.4 is 4.74 Å². The number of hydrogen-bond donors (Lipinski definition) is 0. The van der Waals surface area contributed by atoms with Gasteiger partial charge in [0.15, 0.2) is 0 Å². The van der Waals surface area contributed by atoms with E-state index in [1.54, 1.807) is 0 Å². The first-order valence-electron chi connectivity index (χ1n) is 8.53. The van der Waals surface area contributed by atoms with Crippen LogP contribution in [0.2, 0.25) is 0 Å². The van der Waals surface area contributed by atoms with Crippen LogP contribution in [0.15, 0.2) is 60.7 Å². The first-order chi connectivity index (χ1) is 12.2. The molecule has 0 radical (unpaired) electrons. The molecule has 0 N–H and O–H groups in total. The molecule has 0 bridgehead atoms. The molecule has 0 aliphatic carbocycles. The SMILES string of the molecule is Cc1cccc(CC(=O)N2CC(Oc3ccc4ccccc4n3)C2)c1. The molecule has 4 rings (SSSR count). The van der Waals surface area contributed by atoms with Crippen molar-refractivity contribution in [2.45, 2.75) is 19.4 Å². The topological polar surface area (TPSA) is 42.4 Å². The molecule has 1 aliphatic heterocycles. The Morgan fingerprint density at radius 1 is 1.12 bits per heavy atom. The number of pyridine rings is 1. The molecule has 1 fully saturated rings. The summed E-state index contributed by atoms with van der Waals surface area (Å²) in [4.78, 5) is 18.7. The summed E-state index contributed by atoms with van der Waals surface area (Å²) in [6, 6.07) is 20.0. The third-order valence-electron chi connectivity index (χ3n) is 4.50. The maximum absolute atomic E-state index is 12.3. The Balaban J connectivity index is 1.32. The number of rotatable bonds is 4. The number of aromatic nitrogens is 1. The van der Waals surface area contributed by atoms with Crippen LogP contribution in [0.25, 0.3) is 10.9 Å². The standard InChI is InChI=1S/C21H20N2O2/c1-15-5-4-6-16(11-15)12-21(24)23-13-18(14-23)25-20-10-9-17-7-2-3-8-19(17)22-20/h2-11,18H,12-14H2,1H3. The van der Waals surface area contributed by atoms with E-state index in [-0.39, 0.29) is 12.0 Å². The summed E-state index contributed by atoms with van der Waals surface area (Å²) in [7, 11) is 0. The number of ether oxygens (including phenoxy) is 1. The first kappa shape index (κ1) is 15.6. The number of fused-ring (bicyclic) bond motifs is 1. The van der Waals surface area contributed by atoms with Crippen molar-refractivity contribution in [3.8, 4) is 5.88 Å². The summed E-state index contributed by atoms with van der Waals surface area (Å²) in [6.45, 7) is 3.29. The first-order valence-corrected chi connectivity index (χ1v) is 8.53. The van der Waals surface area contributed by atoms with E-state index in [2.05, 4.69) is 11.1 Å². The minimum absolute atomic E-state index is 0.0233. The Hall–Kier alpha value is -2.88. The zero-order chi connectivity index (χ0) is 17.2. The number of para-hydroxylation sites is 1. The highest BCUT2D eigenvalue weighted by Gasteiger charge is 2.32. The van der Waals surface area contributed by atoms with Gasteiger partial charge in [-0.3, -0.25) is 4.79 Å². The van der Waals surface area contributed by atoms with Crippen LogP contribution in [0.1, 0.15) is 11.1 Å². The molecule has 4 heteroatoms. The predicted molar refractivity (Wildman–Crippen MR) is 97.6 cm³/mol. The Labute approximate surface area is 147 Å². The maximum atomic E-state index is 12.3. The number of carbonyl (C=O) groups is 1. The van der Waals surface area contributed by atoms with E-state index in [4.69, 9.17) is 4.74 Å². The second-order valence-electron chi connectivity index (χ2n) is 6.55. The number of aryl methyl sites for hydroxylation is 1. The average molecular weight is 332 g/mol. The van der Waals surface area contributed by atoms with Gasteiger partial charge in [0.1, 0.15) is 6.10 Å². The van der Waals surface area contributed by atoms with Gasteiger partial charge < -0.3 is 9.64 Å². The van der Waals surface area contributed by atoms with Crippen molar-refractivity contribution in [3.63, 3.8) is 0 Å². The number of amides is 1. The third kappa shape index (κ3) is 3.48. The predicted octanol–water partition coefficient (Wildman–Crippen LogP) is 3.38. The number of nitrogens with zero attached hydrogens (tertiary/aromatic N) is 2. The van der Waals surface area contributed by atoms with Crippen molar-refractivity contribution in [1.29, 1.82) is 0 Å². The molecule has 4 nitrogen and oxygen atoms in total. The van der Waals surface area contributed by atoms with Crippen molar-refractivity contribution in [2.75, 3.05) is 13.1 Å². The fourth-order valence-corrected chi connectivity index (χ4v) is 3.11. The van der Waals surface area contributed by atoms with Crippen molar-refractivity contribution >= 4 is 16.8 Å². The van der Waals surface area contributed by atoms with E-state index in [1.807, 2.05) is 66.4 Å². The summed E-state index contributed by atoms with van der Waals surface area (Å²) in [6.07, 6.45) is 0.470. The van der Waals surface area contributed by atoms with Crippen LogP contribution in [0.3, 0.4) is 0 Å². The van der Waals surface area contributed by atoms with Crippen LogP contribution in [0.5, 0.6) is 5.88 Å². The molecule has 1 amide bonds. The minimum Gasteiger partial charge on any atom is -0.471 e. The molecule has 25 heavy (non-hydrogen) atoms. The van der Waals surface area contributed by atoms with Crippen molar-refractivity contribution in [3.05, 3.63) is 71.8 Å². The average Bonchev–Trinajstić information content (AvgIpc) is 2.57. The monoisotopic (exact) mass is 332 g/mol. The molecule has 126 valence electrons. The highest BCUT2D eigenvalue weighted by Crippen LogP contribution is 2.20. The molecule has 1 saturated heterocycles. The molecular formula is C21H20N2O2. The van der Waals surface area contributed by atoms with Gasteiger partial charge in [-0.15, -0.1) is 0 Å². The van der Waals surface area contributed by atoms with E-state index in [0.29, 0.717) is 25.4 Å². The summed E-state index contributed by atoms with van der Waals surface area (Å²) in [5.74, 6) is 0.770.